The molecule has 1 fully saturated rings. The van der Waals surface area contributed by atoms with Crippen LogP contribution in [-0.2, 0) is 4.74 Å². The van der Waals surface area contributed by atoms with Gasteiger partial charge in [0, 0.05) is 12.6 Å². The Balaban J connectivity index is 2.29. The van der Waals surface area contributed by atoms with E-state index in [2.05, 4.69) is 17.9 Å². The zero-order valence-corrected chi connectivity index (χ0v) is 9.87. The zero-order chi connectivity index (χ0) is 11.5. The van der Waals surface area contributed by atoms with Crippen LogP contribution in [-0.4, -0.2) is 25.8 Å². The lowest BCUT2D eigenvalue weighted by molar-refractivity contribution is 0.0989. The summed E-state index contributed by atoms with van der Waals surface area (Å²) in [5, 5.41) is 9.41. The lowest BCUT2D eigenvalue weighted by atomic mass is 10.1. The first kappa shape index (κ1) is 11.3. The molecular weight excluding hydrogens is 224 g/mol. The van der Waals surface area contributed by atoms with Crippen LogP contribution in [0, 0.1) is 11.3 Å². The van der Waals surface area contributed by atoms with E-state index in [0.29, 0.717) is 16.6 Å². The smallest absolute Gasteiger partial charge is 0.0992 e. The molecule has 1 aromatic rings. The molecule has 1 unspecified atom stereocenters. The van der Waals surface area contributed by atoms with Crippen LogP contribution in [0.1, 0.15) is 12.5 Å². The number of hydrogen-bond donors (Lipinski definition) is 0. The van der Waals surface area contributed by atoms with Crippen LogP contribution in [0.2, 0.25) is 5.02 Å². The summed E-state index contributed by atoms with van der Waals surface area (Å²) in [6.45, 7) is 4.39. The van der Waals surface area contributed by atoms with Crippen LogP contribution in [0.4, 0.5) is 5.69 Å². The summed E-state index contributed by atoms with van der Waals surface area (Å²) in [5.41, 5.74) is 1.58. The van der Waals surface area contributed by atoms with E-state index in [1.807, 2.05) is 6.07 Å². The van der Waals surface area contributed by atoms with Gasteiger partial charge >= 0.3 is 0 Å². The molecule has 1 aliphatic rings. The number of hydrogen-bond acceptors (Lipinski definition) is 3. The molecule has 2 rings (SSSR count). The molecule has 1 heterocycles. The van der Waals surface area contributed by atoms with E-state index in [0.717, 1.165) is 25.4 Å². The van der Waals surface area contributed by atoms with Crippen LogP contribution < -0.4 is 4.90 Å². The standard InChI is InChI=1S/C12H13ClN2O/c1-9-8-16-5-4-15(9)12-3-2-10(7-14)6-11(12)13/h2-3,6,9H,4-5,8H2,1H3. The quantitative estimate of drug-likeness (QED) is 0.752. The molecule has 0 amide bonds. The number of rotatable bonds is 1. The van der Waals surface area contributed by atoms with Gasteiger partial charge in [0.15, 0.2) is 0 Å². The topological polar surface area (TPSA) is 36.3 Å². The molecular formula is C12H13ClN2O. The summed E-state index contributed by atoms with van der Waals surface area (Å²) in [5.74, 6) is 0. The minimum atomic E-state index is 0.319. The maximum absolute atomic E-state index is 8.77. The fourth-order valence-corrected chi connectivity index (χ4v) is 2.18. The van der Waals surface area contributed by atoms with E-state index in [1.165, 1.54) is 0 Å². The highest BCUT2D eigenvalue weighted by Crippen LogP contribution is 2.29. The Kier molecular flexibility index (Phi) is 3.33. The molecule has 1 saturated heterocycles. The molecule has 0 spiro atoms. The van der Waals surface area contributed by atoms with Gasteiger partial charge in [-0.25, -0.2) is 0 Å². The monoisotopic (exact) mass is 236 g/mol. The second kappa shape index (κ2) is 4.73. The molecule has 0 radical (unpaired) electrons. The molecule has 4 heteroatoms. The molecule has 1 aromatic carbocycles. The number of halogens is 1. The van der Waals surface area contributed by atoms with Crippen molar-refractivity contribution in [3.05, 3.63) is 28.8 Å². The maximum Gasteiger partial charge on any atom is 0.0992 e. The molecule has 16 heavy (non-hydrogen) atoms. The van der Waals surface area contributed by atoms with Crippen molar-refractivity contribution >= 4 is 17.3 Å². The number of nitriles is 1. The van der Waals surface area contributed by atoms with Gasteiger partial charge in [0.05, 0.1) is 35.6 Å². The number of anilines is 1. The van der Waals surface area contributed by atoms with E-state index >= 15 is 0 Å². The van der Waals surface area contributed by atoms with Gasteiger partial charge in [0.2, 0.25) is 0 Å². The van der Waals surface area contributed by atoms with Crippen molar-refractivity contribution < 1.29 is 4.74 Å². The fourth-order valence-electron chi connectivity index (χ4n) is 1.89. The van der Waals surface area contributed by atoms with Gasteiger partial charge in [-0.1, -0.05) is 11.6 Å². The van der Waals surface area contributed by atoms with E-state index in [1.54, 1.807) is 12.1 Å². The Morgan fingerprint density at radius 2 is 2.38 bits per heavy atom. The van der Waals surface area contributed by atoms with Crippen LogP contribution in [0.15, 0.2) is 18.2 Å². The first-order valence-electron chi connectivity index (χ1n) is 5.26. The lowest BCUT2D eigenvalue weighted by Gasteiger charge is -2.35. The largest absolute Gasteiger partial charge is 0.377 e. The Morgan fingerprint density at radius 1 is 1.56 bits per heavy atom. The summed E-state index contributed by atoms with van der Waals surface area (Å²) in [6.07, 6.45) is 0. The second-order valence-electron chi connectivity index (χ2n) is 3.90. The van der Waals surface area contributed by atoms with E-state index in [9.17, 15) is 0 Å². The lowest BCUT2D eigenvalue weighted by Crippen LogP contribution is -2.43. The van der Waals surface area contributed by atoms with Crippen LogP contribution in [0.25, 0.3) is 0 Å². The van der Waals surface area contributed by atoms with Crippen molar-refractivity contribution in [1.29, 1.82) is 5.26 Å². The first-order chi connectivity index (χ1) is 7.72. The molecule has 1 aliphatic heterocycles. The highest BCUT2D eigenvalue weighted by Gasteiger charge is 2.20. The van der Waals surface area contributed by atoms with Crippen molar-refractivity contribution in [2.24, 2.45) is 0 Å². The summed E-state index contributed by atoms with van der Waals surface area (Å²) in [7, 11) is 0. The molecule has 0 N–H and O–H groups in total. The third-order valence-electron chi connectivity index (χ3n) is 2.75. The fraction of sp³-hybridized carbons (Fsp3) is 0.417. The summed E-state index contributed by atoms with van der Waals surface area (Å²) in [4.78, 5) is 2.22. The molecule has 3 nitrogen and oxygen atoms in total. The van der Waals surface area contributed by atoms with Gasteiger partial charge in [0.1, 0.15) is 0 Å². The van der Waals surface area contributed by atoms with Gasteiger partial charge in [-0.2, -0.15) is 5.26 Å². The van der Waals surface area contributed by atoms with Gasteiger partial charge in [-0.05, 0) is 25.1 Å². The highest BCUT2D eigenvalue weighted by molar-refractivity contribution is 6.33. The summed E-state index contributed by atoms with van der Waals surface area (Å²) in [6, 6.07) is 7.81. The Labute approximate surface area is 100 Å². The van der Waals surface area contributed by atoms with Crippen molar-refractivity contribution in [2.45, 2.75) is 13.0 Å². The van der Waals surface area contributed by atoms with Crippen molar-refractivity contribution in [3.8, 4) is 6.07 Å². The molecule has 0 saturated carbocycles. The predicted molar refractivity (Wildman–Crippen MR) is 63.8 cm³/mol. The third kappa shape index (κ3) is 2.13. The first-order valence-corrected chi connectivity index (χ1v) is 5.64. The minimum absolute atomic E-state index is 0.319. The highest BCUT2D eigenvalue weighted by atomic mass is 35.5. The normalized spacial score (nSPS) is 20.6. The molecule has 84 valence electrons. The summed E-state index contributed by atoms with van der Waals surface area (Å²) < 4.78 is 5.38. The van der Waals surface area contributed by atoms with Gasteiger partial charge in [0.25, 0.3) is 0 Å². The molecule has 1 atom stereocenters. The van der Waals surface area contributed by atoms with Crippen LogP contribution in [0.3, 0.4) is 0 Å². The number of morpholine rings is 1. The number of ether oxygens (including phenoxy) is 1. The zero-order valence-electron chi connectivity index (χ0n) is 9.11. The van der Waals surface area contributed by atoms with Crippen molar-refractivity contribution in [1.82, 2.24) is 0 Å². The second-order valence-corrected chi connectivity index (χ2v) is 4.30. The van der Waals surface area contributed by atoms with Gasteiger partial charge < -0.3 is 9.64 Å². The molecule has 0 aromatic heterocycles. The van der Waals surface area contributed by atoms with E-state index in [-0.39, 0.29) is 0 Å². The SMILES string of the molecule is CC1COCCN1c1ccc(C#N)cc1Cl. The van der Waals surface area contributed by atoms with Crippen molar-refractivity contribution in [2.75, 3.05) is 24.7 Å². The number of nitrogens with zero attached hydrogens (tertiary/aromatic N) is 2. The Morgan fingerprint density at radius 3 is 3.00 bits per heavy atom. The van der Waals surface area contributed by atoms with Crippen LogP contribution in [0.5, 0.6) is 0 Å². The summed E-state index contributed by atoms with van der Waals surface area (Å²) >= 11 is 6.17. The van der Waals surface area contributed by atoms with E-state index in [4.69, 9.17) is 21.6 Å². The number of benzene rings is 1. The van der Waals surface area contributed by atoms with Crippen molar-refractivity contribution in [3.63, 3.8) is 0 Å². The minimum Gasteiger partial charge on any atom is -0.377 e. The average molecular weight is 237 g/mol. The molecule has 0 bridgehead atoms. The maximum atomic E-state index is 8.77. The predicted octanol–water partition coefficient (Wildman–Crippen LogP) is 2.44. The Hall–Kier alpha value is -1.24. The Bertz CT molecular complexity index is 428. The average Bonchev–Trinajstić information content (AvgIpc) is 2.30. The van der Waals surface area contributed by atoms with Gasteiger partial charge in [-0.3, -0.25) is 0 Å². The van der Waals surface area contributed by atoms with Gasteiger partial charge in [-0.15, -0.1) is 0 Å². The third-order valence-corrected chi connectivity index (χ3v) is 3.06. The van der Waals surface area contributed by atoms with E-state index < -0.39 is 0 Å². The van der Waals surface area contributed by atoms with Crippen LogP contribution >= 0.6 is 11.6 Å². The molecule has 0 aliphatic carbocycles.